The van der Waals surface area contributed by atoms with Crippen LogP contribution in [0.4, 0.5) is 11.4 Å². The van der Waals surface area contributed by atoms with Crippen molar-refractivity contribution in [1.29, 1.82) is 0 Å². The van der Waals surface area contributed by atoms with Crippen LogP contribution in [0.2, 0.25) is 0 Å². The van der Waals surface area contributed by atoms with Gasteiger partial charge in [-0.3, -0.25) is 19.2 Å². The van der Waals surface area contributed by atoms with Crippen LogP contribution < -0.4 is 10.6 Å². The van der Waals surface area contributed by atoms with Crippen LogP contribution in [0, 0.1) is 0 Å². The minimum atomic E-state index is -4.65. The number of anilines is 2. The monoisotopic (exact) mass is 672 g/mol. The molecule has 0 aliphatic heterocycles. The van der Waals surface area contributed by atoms with E-state index in [4.69, 9.17) is 9.47 Å². The smallest absolute Gasteiger partial charge is 0.333 e. The summed E-state index contributed by atoms with van der Waals surface area (Å²) in [5.41, 5.74) is -0.679. The number of esters is 2. The Bertz CT molecular complexity index is 1580. The minimum Gasteiger partial charge on any atom is -0.506 e. The molecule has 4 N–H and O–H groups in total. The fraction of sp³-hybridized carbons (Fsp3) is 0.312. The summed E-state index contributed by atoms with van der Waals surface area (Å²) >= 11 is 0. The second-order valence-electron chi connectivity index (χ2n) is 10.3. The van der Waals surface area contributed by atoms with Crippen LogP contribution >= 0.6 is 0 Å². The molecule has 47 heavy (non-hydrogen) atoms. The highest BCUT2D eigenvalue weighted by Gasteiger charge is 2.29. The van der Waals surface area contributed by atoms with Gasteiger partial charge in [0, 0.05) is 49.7 Å². The lowest BCUT2D eigenvalue weighted by atomic mass is 10.1. The maximum atomic E-state index is 13.8. The Balaban J connectivity index is 2.15. The molecule has 0 heterocycles. The van der Waals surface area contributed by atoms with Gasteiger partial charge in [0.2, 0.25) is 21.7 Å². The molecule has 0 aliphatic rings. The molecule has 15 heteroatoms. The lowest BCUT2D eigenvalue weighted by Crippen LogP contribution is -2.19. The normalized spacial score (nSPS) is 10.8. The van der Waals surface area contributed by atoms with E-state index in [0.29, 0.717) is 0 Å². The molecule has 0 fully saturated rings. The van der Waals surface area contributed by atoms with Crippen LogP contribution in [0.15, 0.2) is 70.5 Å². The number of hydrogen-bond donors (Lipinski definition) is 4. The zero-order valence-corrected chi connectivity index (χ0v) is 26.7. The van der Waals surface area contributed by atoms with Crippen LogP contribution in [0.5, 0.6) is 11.5 Å². The Hall–Kier alpha value is -5.31. The standard InChI is InChI=1S/C32H36N2O12S/c1-19(2)31(41)45-17-15-21(35)11-13-27(39)33-29-23(37)7-5-9-25(29)47(43,44)26-10-6-8-24(38)30(26)34-28(40)14-12-22(36)16-18-46-32(42)20(3)4/h5-10,37-38H,1,3,11-18H2,2,4H3,(H,33,39)(H,34,40). The number of Topliss-reactive ketones (excluding diaryl/α,β-unsaturated/α-hetero) is 2. The molecular formula is C32H36N2O12S. The van der Waals surface area contributed by atoms with Crippen LogP contribution in [-0.2, 0) is 48.1 Å². The van der Waals surface area contributed by atoms with E-state index < -0.39 is 77.8 Å². The number of carbonyl (C=O) groups is 6. The number of sulfone groups is 1. The molecule has 0 spiro atoms. The highest BCUT2D eigenvalue weighted by molar-refractivity contribution is 7.91. The van der Waals surface area contributed by atoms with E-state index in [-0.39, 0.29) is 62.9 Å². The Kier molecular flexibility index (Phi) is 14.0. The average Bonchev–Trinajstić information content (AvgIpc) is 3.00. The third-order valence-corrected chi connectivity index (χ3v) is 8.14. The van der Waals surface area contributed by atoms with Crippen molar-refractivity contribution in [2.45, 2.75) is 62.2 Å². The van der Waals surface area contributed by atoms with E-state index in [1.165, 1.54) is 26.0 Å². The van der Waals surface area contributed by atoms with Crippen molar-refractivity contribution in [3.8, 4) is 11.5 Å². The zero-order valence-electron chi connectivity index (χ0n) is 25.9. The molecular weight excluding hydrogens is 636 g/mol. The van der Waals surface area contributed by atoms with E-state index in [1.807, 2.05) is 0 Å². The van der Waals surface area contributed by atoms with Gasteiger partial charge in [0.1, 0.15) is 34.4 Å². The van der Waals surface area contributed by atoms with E-state index in [1.54, 1.807) is 0 Å². The van der Waals surface area contributed by atoms with Crippen molar-refractivity contribution in [1.82, 2.24) is 0 Å². The van der Waals surface area contributed by atoms with Gasteiger partial charge in [-0.1, -0.05) is 25.3 Å². The number of ether oxygens (including phenoxy) is 2. The van der Waals surface area contributed by atoms with E-state index in [9.17, 15) is 47.4 Å². The van der Waals surface area contributed by atoms with Gasteiger partial charge < -0.3 is 30.3 Å². The topological polar surface area (TPSA) is 220 Å². The largest absolute Gasteiger partial charge is 0.506 e. The predicted octanol–water partition coefficient (Wildman–Crippen LogP) is 3.53. The molecule has 2 aromatic carbocycles. The SMILES string of the molecule is C=C(C)C(=O)OCCC(=O)CCC(=O)Nc1c(O)cccc1S(=O)(=O)c1cccc(O)c1NC(=O)CCC(=O)CCOC(=O)C(=C)C. The van der Waals surface area contributed by atoms with Crippen molar-refractivity contribution >= 4 is 56.5 Å². The van der Waals surface area contributed by atoms with Gasteiger partial charge in [0.05, 0.1) is 23.0 Å². The Morgan fingerprint density at radius 1 is 0.638 bits per heavy atom. The Morgan fingerprint density at radius 3 is 1.34 bits per heavy atom. The second kappa shape index (κ2) is 17.4. The summed E-state index contributed by atoms with van der Waals surface area (Å²) in [6.45, 7) is 9.32. The van der Waals surface area contributed by atoms with Crippen LogP contribution in [0.25, 0.3) is 0 Å². The van der Waals surface area contributed by atoms with Crippen LogP contribution in [0.1, 0.15) is 52.4 Å². The van der Waals surface area contributed by atoms with Crippen LogP contribution in [-0.4, -0.2) is 67.2 Å². The highest BCUT2D eigenvalue weighted by atomic mass is 32.2. The van der Waals surface area contributed by atoms with Crippen molar-refractivity contribution in [3.63, 3.8) is 0 Å². The number of para-hydroxylation sites is 2. The lowest BCUT2D eigenvalue weighted by molar-refractivity contribution is -0.141. The molecule has 14 nitrogen and oxygen atoms in total. The number of carbonyl (C=O) groups excluding carboxylic acids is 6. The fourth-order valence-corrected chi connectivity index (χ4v) is 5.38. The molecule has 0 unspecified atom stereocenters. The first-order chi connectivity index (χ1) is 22.0. The van der Waals surface area contributed by atoms with E-state index in [2.05, 4.69) is 23.8 Å². The van der Waals surface area contributed by atoms with Gasteiger partial charge in [0.25, 0.3) is 0 Å². The molecule has 252 valence electrons. The number of benzene rings is 2. The average molecular weight is 673 g/mol. The molecule has 0 radical (unpaired) electrons. The zero-order chi connectivity index (χ0) is 35.3. The molecule has 0 atom stereocenters. The summed E-state index contributed by atoms with van der Waals surface area (Å²) in [6.07, 6.45) is -1.62. The highest BCUT2D eigenvalue weighted by Crippen LogP contribution is 2.39. The van der Waals surface area contributed by atoms with Crippen molar-refractivity contribution in [3.05, 3.63) is 60.7 Å². The summed E-state index contributed by atoms with van der Waals surface area (Å²) in [5, 5.41) is 25.5. The van der Waals surface area contributed by atoms with Crippen molar-refractivity contribution < 1.29 is 56.9 Å². The molecule has 2 aromatic rings. The molecule has 2 amide bonds. The number of ketones is 2. The maximum absolute atomic E-state index is 13.8. The fourth-order valence-electron chi connectivity index (χ4n) is 3.78. The molecule has 0 saturated carbocycles. The quantitative estimate of drug-likeness (QED) is 0.102. The summed E-state index contributed by atoms with van der Waals surface area (Å²) in [7, 11) is -4.65. The van der Waals surface area contributed by atoms with Gasteiger partial charge in [-0.15, -0.1) is 0 Å². The first-order valence-electron chi connectivity index (χ1n) is 14.2. The second-order valence-corrected chi connectivity index (χ2v) is 12.2. The predicted molar refractivity (Wildman–Crippen MR) is 168 cm³/mol. The van der Waals surface area contributed by atoms with Gasteiger partial charge in [0.15, 0.2) is 0 Å². The van der Waals surface area contributed by atoms with Gasteiger partial charge >= 0.3 is 11.9 Å². The third kappa shape index (κ3) is 11.5. The third-order valence-electron chi connectivity index (χ3n) is 6.30. The number of nitrogens with one attached hydrogen (secondary N) is 2. The minimum absolute atomic E-state index is 0.159. The lowest BCUT2D eigenvalue weighted by Gasteiger charge is -2.17. The summed E-state index contributed by atoms with van der Waals surface area (Å²) in [6, 6.07) is 6.82. The van der Waals surface area contributed by atoms with Gasteiger partial charge in [-0.05, 0) is 38.1 Å². The molecule has 2 rings (SSSR count). The first-order valence-corrected chi connectivity index (χ1v) is 15.7. The molecule has 0 bridgehead atoms. The van der Waals surface area contributed by atoms with Crippen molar-refractivity contribution in [2.75, 3.05) is 23.8 Å². The van der Waals surface area contributed by atoms with E-state index in [0.717, 1.165) is 24.3 Å². The van der Waals surface area contributed by atoms with Gasteiger partial charge in [-0.2, -0.15) is 0 Å². The first kappa shape index (κ1) is 37.9. The van der Waals surface area contributed by atoms with Gasteiger partial charge in [-0.25, -0.2) is 18.0 Å². The van der Waals surface area contributed by atoms with Crippen molar-refractivity contribution in [2.24, 2.45) is 0 Å². The summed E-state index contributed by atoms with van der Waals surface area (Å²) in [5.74, 6) is -4.99. The summed E-state index contributed by atoms with van der Waals surface area (Å²) < 4.78 is 37.3. The Morgan fingerprint density at radius 2 is 1.00 bits per heavy atom. The van der Waals surface area contributed by atoms with E-state index >= 15 is 0 Å². The number of phenols is 2. The summed E-state index contributed by atoms with van der Waals surface area (Å²) in [4.78, 5) is 71.3. The molecule has 0 saturated heterocycles. The number of phenolic OH excluding ortho intramolecular Hbond substituents is 2. The molecule has 0 aromatic heterocycles. The number of rotatable bonds is 18. The Labute approximate surface area is 271 Å². The number of amides is 2. The maximum Gasteiger partial charge on any atom is 0.333 e. The van der Waals surface area contributed by atoms with Crippen LogP contribution in [0.3, 0.4) is 0 Å². The molecule has 0 aliphatic carbocycles. The number of hydrogen-bond acceptors (Lipinski definition) is 12. The number of aromatic hydroxyl groups is 2.